The second kappa shape index (κ2) is 7.39. The first-order valence-electron chi connectivity index (χ1n) is 7.52. The molecule has 2 aromatic rings. The van der Waals surface area contributed by atoms with E-state index in [1.807, 2.05) is 0 Å². The minimum atomic E-state index is -4.51. The van der Waals surface area contributed by atoms with E-state index >= 15 is 0 Å². The maximum atomic E-state index is 13.4. The molecule has 0 unspecified atom stereocenters. The van der Waals surface area contributed by atoms with Crippen LogP contribution in [0.15, 0.2) is 24.3 Å². The summed E-state index contributed by atoms with van der Waals surface area (Å²) in [4.78, 5) is 3.39. The lowest BCUT2D eigenvalue weighted by Gasteiger charge is -2.21. The summed E-state index contributed by atoms with van der Waals surface area (Å²) in [5, 5.41) is 0.686. The monoisotopic (exact) mass is 377 g/mol. The summed E-state index contributed by atoms with van der Waals surface area (Å²) in [6, 6.07) is 6.60. The molecule has 0 bridgehead atoms. The normalized spacial score (nSPS) is 17.5. The minimum absolute atomic E-state index is 0.204. The van der Waals surface area contributed by atoms with E-state index in [9.17, 15) is 13.2 Å². The molecule has 2 heterocycles. The van der Waals surface area contributed by atoms with Crippen molar-refractivity contribution in [3.8, 4) is 10.6 Å². The zero-order valence-corrected chi connectivity index (χ0v) is 14.2. The first-order valence-corrected chi connectivity index (χ1v) is 8.71. The van der Waals surface area contributed by atoms with Crippen LogP contribution in [0.2, 0.25) is 5.02 Å². The molecule has 1 aliphatic rings. The molecule has 0 radical (unpaired) electrons. The number of hydrogen-bond donors (Lipinski definition) is 0. The molecule has 0 saturated carbocycles. The zero-order chi connectivity index (χ0) is 17.2. The van der Waals surface area contributed by atoms with Crippen molar-refractivity contribution in [2.45, 2.75) is 31.7 Å². The van der Waals surface area contributed by atoms with Crippen LogP contribution >= 0.6 is 22.9 Å². The molecule has 1 aromatic heterocycles. The van der Waals surface area contributed by atoms with Gasteiger partial charge in [0, 0.05) is 10.6 Å². The van der Waals surface area contributed by atoms with E-state index in [1.54, 1.807) is 24.3 Å². The van der Waals surface area contributed by atoms with Crippen molar-refractivity contribution in [3.05, 3.63) is 39.9 Å². The summed E-state index contributed by atoms with van der Waals surface area (Å²) >= 11 is 6.50. The van der Waals surface area contributed by atoms with Crippen LogP contribution in [0.1, 0.15) is 36.1 Å². The van der Waals surface area contributed by atoms with E-state index < -0.39 is 17.3 Å². The molecule has 1 aliphatic heterocycles. The van der Waals surface area contributed by atoms with Crippen LogP contribution in [0.5, 0.6) is 0 Å². The third kappa shape index (κ3) is 4.08. The van der Waals surface area contributed by atoms with Crippen molar-refractivity contribution in [1.29, 1.82) is 0 Å². The van der Waals surface area contributed by atoms with Crippen molar-refractivity contribution < 1.29 is 22.6 Å². The van der Waals surface area contributed by atoms with E-state index in [0.717, 1.165) is 19.3 Å². The maximum Gasteiger partial charge on any atom is 0.427 e. The van der Waals surface area contributed by atoms with Gasteiger partial charge in [-0.05, 0) is 31.4 Å². The van der Waals surface area contributed by atoms with Gasteiger partial charge in [0.25, 0.3) is 0 Å². The van der Waals surface area contributed by atoms with Crippen molar-refractivity contribution in [2.24, 2.45) is 0 Å². The fourth-order valence-corrected chi connectivity index (χ4v) is 3.54. The highest BCUT2D eigenvalue weighted by Crippen LogP contribution is 2.43. The van der Waals surface area contributed by atoms with Crippen LogP contribution in [-0.4, -0.2) is 18.2 Å². The second-order valence-corrected chi connectivity index (χ2v) is 6.81. The highest BCUT2D eigenvalue weighted by atomic mass is 35.5. The Labute approximate surface area is 146 Å². The average Bonchev–Trinajstić information content (AvgIpc) is 2.92. The van der Waals surface area contributed by atoms with Crippen LogP contribution in [0.25, 0.3) is 10.6 Å². The number of rotatable bonds is 2. The Bertz CT molecular complexity index is 697. The molecule has 0 N–H and O–H groups in total. The van der Waals surface area contributed by atoms with Crippen LogP contribution in [-0.2, 0) is 15.7 Å². The van der Waals surface area contributed by atoms with Crippen LogP contribution < -0.4 is 0 Å². The molecule has 130 valence electrons. The van der Waals surface area contributed by atoms with Crippen molar-refractivity contribution in [1.82, 2.24) is 4.98 Å². The van der Waals surface area contributed by atoms with Crippen LogP contribution in [0, 0.1) is 0 Å². The molecule has 24 heavy (non-hydrogen) atoms. The lowest BCUT2D eigenvalue weighted by molar-refractivity contribution is -0.168. The number of halogens is 4. The summed E-state index contributed by atoms with van der Waals surface area (Å²) in [6.45, 7) is 0.706. The van der Waals surface area contributed by atoms with E-state index in [2.05, 4.69) is 4.98 Å². The molecule has 1 fully saturated rings. The van der Waals surface area contributed by atoms with Gasteiger partial charge < -0.3 is 9.47 Å². The number of thiazole rings is 1. The Morgan fingerprint density at radius 1 is 1.12 bits per heavy atom. The first-order chi connectivity index (χ1) is 11.4. The molecular formula is C16H15ClF3NO2S. The number of aromatic nitrogens is 1. The summed E-state index contributed by atoms with van der Waals surface area (Å²) in [7, 11) is 0. The predicted molar refractivity (Wildman–Crippen MR) is 86.1 cm³/mol. The third-order valence-corrected chi connectivity index (χ3v) is 4.93. The Morgan fingerprint density at radius 3 is 2.46 bits per heavy atom. The lowest BCUT2D eigenvalue weighted by atomic mass is 10.2. The SMILES string of the molecule is FC(F)(F)c1sc(-c2cccc(Cl)c2)nc1C1OCCCCCO1. The first kappa shape index (κ1) is 17.7. The molecular weight excluding hydrogens is 363 g/mol. The highest BCUT2D eigenvalue weighted by molar-refractivity contribution is 7.15. The Kier molecular flexibility index (Phi) is 5.44. The topological polar surface area (TPSA) is 31.4 Å². The number of ether oxygens (including phenoxy) is 2. The number of alkyl halides is 3. The number of nitrogens with zero attached hydrogens (tertiary/aromatic N) is 1. The summed E-state index contributed by atoms with van der Waals surface area (Å²) in [5.41, 5.74) is 0.333. The van der Waals surface area contributed by atoms with Gasteiger partial charge in [0.2, 0.25) is 6.29 Å². The predicted octanol–water partition coefficient (Wildman–Crippen LogP) is 5.70. The molecule has 3 rings (SSSR count). The van der Waals surface area contributed by atoms with Gasteiger partial charge in [-0.2, -0.15) is 13.2 Å². The van der Waals surface area contributed by atoms with Gasteiger partial charge in [0.1, 0.15) is 15.6 Å². The minimum Gasteiger partial charge on any atom is -0.347 e. The largest absolute Gasteiger partial charge is 0.427 e. The number of hydrogen-bond acceptors (Lipinski definition) is 4. The van der Waals surface area contributed by atoms with Crippen LogP contribution in [0.4, 0.5) is 13.2 Å². The molecule has 0 atom stereocenters. The van der Waals surface area contributed by atoms with Gasteiger partial charge in [0.05, 0.1) is 13.2 Å². The summed E-state index contributed by atoms with van der Waals surface area (Å²) < 4.78 is 51.2. The average molecular weight is 378 g/mol. The van der Waals surface area contributed by atoms with E-state index in [1.165, 1.54) is 0 Å². The molecule has 3 nitrogen and oxygen atoms in total. The molecule has 0 spiro atoms. The smallest absolute Gasteiger partial charge is 0.347 e. The summed E-state index contributed by atoms with van der Waals surface area (Å²) in [6.07, 6.45) is -3.08. The highest BCUT2D eigenvalue weighted by Gasteiger charge is 2.40. The van der Waals surface area contributed by atoms with Crippen molar-refractivity contribution >= 4 is 22.9 Å². The molecule has 0 aliphatic carbocycles. The fourth-order valence-electron chi connectivity index (χ4n) is 2.41. The van der Waals surface area contributed by atoms with Gasteiger partial charge in [0.15, 0.2) is 0 Å². The van der Waals surface area contributed by atoms with Gasteiger partial charge in [-0.3, -0.25) is 0 Å². The van der Waals surface area contributed by atoms with E-state index in [4.69, 9.17) is 21.1 Å². The maximum absolute atomic E-state index is 13.4. The zero-order valence-electron chi connectivity index (χ0n) is 12.6. The van der Waals surface area contributed by atoms with Gasteiger partial charge in [-0.15, -0.1) is 11.3 Å². The van der Waals surface area contributed by atoms with Crippen LogP contribution in [0.3, 0.4) is 0 Å². The molecule has 1 saturated heterocycles. The second-order valence-electron chi connectivity index (χ2n) is 5.38. The Hall–Kier alpha value is -1.15. The van der Waals surface area contributed by atoms with E-state index in [-0.39, 0.29) is 10.7 Å². The fraction of sp³-hybridized carbons (Fsp3) is 0.438. The standard InChI is InChI=1S/C16H15ClF3NO2S/c17-11-6-4-5-10(9-11)14-21-12(13(24-14)16(18,19)20)15-22-7-2-1-3-8-23-15/h4-6,9,15H,1-3,7-8H2. The van der Waals surface area contributed by atoms with Gasteiger partial charge in [-0.1, -0.05) is 23.7 Å². The number of benzene rings is 1. The molecule has 1 aromatic carbocycles. The summed E-state index contributed by atoms with van der Waals surface area (Å²) in [5.74, 6) is 0. The van der Waals surface area contributed by atoms with E-state index in [0.29, 0.717) is 35.1 Å². The quantitative estimate of drug-likeness (QED) is 0.672. The molecule has 0 amide bonds. The Morgan fingerprint density at radius 2 is 1.83 bits per heavy atom. The molecule has 8 heteroatoms. The van der Waals surface area contributed by atoms with Gasteiger partial charge in [-0.25, -0.2) is 4.98 Å². The van der Waals surface area contributed by atoms with Crippen molar-refractivity contribution in [2.75, 3.05) is 13.2 Å². The third-order valence-electron chi connectivity index (χ3n) is 3.53. The Balaban J connectivity index is 2.00. The lowest BCUT2D eigenvalue weighted by Crippen LogP contribution is -2.18. The van der Waals surface area contributed by atoms with Gasteiger partial charge >= 0.3 is 6.18 Å². The van der Waals surface area contributed by atoms with Crippen molar-refractivity contribution in [3.63, 3.8) is 0 Å².